The van der Waals surface area contributed by atoms with E-state index in [9.17, 15) is 4.79 Å². The lowest BCUT2D eigenvalue weighted by atomic mass is 10.1. The van der Waals surface area contributed by atoms with E-state index in [1.54, 1.807) is 0 Å². The maximum absolute atomic E-state index is 12.4. The lowest BCUT2D eigenvalue weighted by molar-refractivity contribution is 0.102. The van der Waals surface area contributed by atoms with Crippen molar-refractivity contribution in [3.63, 3.8) is 0 Å². The number of aryl methyl sites for hydroxylation is 2. The first-order valence-electron chi connectivity index (χ1n) is 8.27. The number of rotatable bonds is 5. The van der Waals surface area contributed by atoms with Crippen LogP contribution in [0.25, 0.3) is 0 Å². The normalized spacial score (nSPS) is 10.3. The van der Waals surface area contributed by atoms with Crippen molar-refractivity contribution in [2.45, 2.75) is 20.5 Å². The number of ether oxygens (including phenoxy) is 1. The number of para-hydroxylation sites is 1. The highest BCUT2D eigenvalue weighted by atomic mass is 16.5. The van der Waals surface area contributed by atoms with E-state index in [0.29, 0.717) is 12.2 Å². The Bertz CT molecular complexity index is 869. The van der Waals surface area contributed by atoms with Gasteiger partial charge in [-0.25, -0.2) is 0 Å². The molecule has 126 valence electrons. The van der Waals surface area contributed by atoms with Gasteiger partial charge in [-0.2, -0.15) is 0 Å². The second-order valence-electron chi connectivity index (χ2n) is 6.07. The first-order chi connectivity index (χ1) is 12.1. The number of carbonyl (C=O) groups is 1. The molecule has 0 heterocycles. The third-order valence-electron chi connectivity index (χ3n) is 4.00. The average molecular weight is 331 g/mol. The molecule has 3 aromatic rings. The highest BCUT2D eigenvalue weighted by molar-refractivity contribution is 6.04. The van der Waals surface area contributed by atoms with E-state index in [-0.39, 0.29) is 5.91 Å². The van der Waals surface area contributed by atoms with Crippen molar-refractivity contribution in [2.75, 3.05) is 5.32 Å². The van der Waals surface area contributed by atoms with Crippen LogP contribution in [-0.2, 0) is 6.61 Å². The number of hydrogen-bond donors (Lipinski definition) is 1. The Morgan fingerprint density at radius 1 is 0.920 bits per heavy atom. The number of hydrogen-bond acceptors (Lipinski definition) is 2. The maximum Gasteiger partial charge on any atom is 0.255 e. The van der Waals surface area contributed by atoms with Crippen molar-refractivity contribution >= 4 is 11.6 Å². The van der Waals surface area contributed by atoms with Crippen molar-refractivity contribution in [1.29, 1.82) is 0 Å². The van der Waals surface area contributed by atoms with Gasteiger partial charge in [0.05, 0.1) is 0 Å². The Morgan fingerprint density at radius 2 is 1.68 bits per heavy atom. The zero-order chi connectivity index (χ0) is 17.6. The van der Waals surface area contributed by atoms with Crippen LogP contribution in [0, 0.1) is 13.8 Å². The lowest BCUT2D eigenvalue weighted by Gasteiger charge is -2.09. The van der Waals surface area contributed by atoms with Gasteiger partial charge in [-0.1, -0.05) is 42.5 Å². The molecule has 0 radical (unpaired) electrons. The number of nitrogens with one attached hydrogen (secondary N) is 1. The van der Waals surface area contributed by atoms with Crippen LogP contribution < -0.4 is 10.1 Å². The Hall–Kier alpha value is -3.07. The van der Waals surface area contributed by atoms with E-state index in [4.69, 9.17) is 4.74 Å². The molecule has 0 aliphatic rings. The van der Waals surface area contributed by atoms with Crippen molar-refractivity contribution in [3.05, 3.63) is 95.1 Å². The molecule has 0 atom stereocenters. The molecule has 0 saturated carbocycles. The van der Waals surface area contributed by atoms with Gasteiger partial charge >= 0.3 is 0 Å². The van der Waals surface area contributed by atoms with E-state index in [1.165, 1.54) is 5.56 Å². The van der Waals surface area contributed by atoms with Gasteiger partial charge in [0.15, 0.2) is 0 Å². The number of benzene rings is 3. The predicted octanol–water partition coefficient (Wildman–Crippen LogP) is 5.13. The van der Waals surface area contributed by atoms with Crippen LogP contribution in [0.1, 0.15) is 27.0 Å². The molecule has 3 rings (SSSR count). The van der Waals surface area contributed by atoms with Crippen LogP contribution in [0.3, 0.4) is 0 Å². The first-order valence-corrected chi connectivity index (χ1v) is 8.27. The highest BCUT2D eigenvalue weighted by Crippen LogP contribution is 2.17. The van der Waals surface area contributed by atoms with Crippen LogP contribution in [0.15, 0.2) is 72.8 Å². The summed E-state index contributed by atoms with van der Waals surface area (Å²) in [6, 6.07) is 23.2. The molecule has 0 spiro atoms. The van der Waals surface area contributed by atoms with Crippen LogP contribution in [0.4, 0.5) is 5.69 Å². The molecule has 0 saturated heterocycles. The van der Waals surface area contributed by atoms with Crippen molar-refractivity contribution in [2.24, 2.45) is 0 Å². The Kier molecular flexibility index (Phi) is 5.14. The summed E-state index contributed by atoms with van der Waals surface area (Å²) in [7, 11) is 0. The van der Waals surface area contributed by atoms with E-state index in [1.807, 2.05) is 86.6 Å². The molecule has 3 aromatic carbocycles. The SMILES string of the molecule is Cc1cccc(OCc2ccc(C(=O)Nc3ccccc3C)cc2)c1. The first kappa shape index (κ1) is 16.8. The van der Waals surface area contributed by atoms with Gasteiger partial charge in [-0.05, 0) is 60.9 Å². The molecule has 1 N–H and O–H groups in total. The Labute approximate surface area is 148 Å². The summed E-state index contributed by atoms with van der Waals surface area (Å²) in [6.07, 6.45) is 0. The molecule has 0 aliphatic carbocycles. The van der Waals surface area contributed by atoms with Gasteiger partial charge in [-0.15, -0.1) is 0 Å². The molecular formula is C22H21NO2. The van der Waals surface area contributed by atoms with Crippen molar-refractivity contribution in [1.82, 2.24) is 0 Å². The molecule has 0 unspecified atom stereocenters. The summed E-state index contributed by atoms with van der Waals surface area (Å²) in [4.78, 5) is 12.4. The van der Waals surface area contributed by atoms with Crippen molar-refractivity contribution < 1.29 is 9.53 Å². The van der Waals surface area contributed by atoms with Crippen molar-refractivity contribution in [3.8, 4) is 5.75 Å². The monoisotopic (exact) mass is 331 g/mol. The summed E-state index contributed by atoms with van der Waals surface area (Å²) in [5.41, 5.74) is 4.69. The minimum atomic E-state index is -0.111. The maximum atomic E-state index is 12.4. The predicted molar refractivity (Wildman–Crippen MR) is 101 cm³/mol. The third-order valence-corrected chi connectivity index (χ3v) is 4.00. The topological polar surface area (TPSA) is 38.3 Å². The van der Waals surface area contributed by atoms with E-state index >= 15 is 0 Å². The zero-order valence-corrected chi connectivity index (χ0v) is 14.5. The number of carbonyl (C=O) groups excluding carboxylic acids is 1. The van der Waals surface area contributed by atoms with Gasteiger partial charge in [-0.3, -0.25) is 4.79 Å². The van der Waals surface area contributed by atoms with Gasteiger partial charge < -0.3 is 10.1 Å². The zero-order valence-electron chi connectivity index (χ0n) is 14.5. The number of anilines is 1. The third kappa shape index (κ3) is 4.48. The Morgan fingerprint density at radius 3 is 2.40 bits per heavy atom. The largest absolute Gasteiger partial charge is 0.489 e. The Balaban J connectivity index is 1.61. The van der Waals surface area contributed by atoms with E-state index in [2.05, 4.69) is 5.32 Å². The lowest BCUT2D eigenvalue weighted by Crippen LogP contribution is -2.12. The fraction of sp³-hybridized carbons (Fsp3) is 0.136. The molecule has 3 heteroatoms. The van der Waals surface area contributed by atoms with Gasteiger partial charge in [0, 0.05) is 11.3 Å². The molecule has 25 heavy (non-hydrogen) atoms. The molecule has 1 amide bonds. The molecule has 0 fully saturated rings. The van der Waals surface area contributed by atoms with E-state index in [0.717, 1.165) is 22.6 Å². The number of amides is 1. The smallest absolute Gasteiger partial charge is 0.255 e. The van der Waals surface area contributed by atoms with Crippen LogP contribution in [0.2, 0.25) is 0 Å². The molecule has 0 bridgehead atoms. The fourth-order valence-corrected chi connectivity index (χ4v) is 2.53. The second-order valence-corrected chi connectivity index (χ2v) is 6.07. The molecular weight excluding hydrogens is 310 g/mol. The highest BCUT2D eigenvalue weighted by Gasteiger charge is 2.07. The standard InChI is InChI=1S/C22H21NO2/c1-16-6-5-8-20(14-16)25-15-18-10-12-19(13-11-18)22(24)23-21-9-4-3-7-17(21)2/h3-14H,15H2,1-2H3,(H,23,24). The summed E-state index contributed by atoms with van der Waals surface area (Å²) in [5, 5.41) is 2.94. The van der Waals surface area contributed by atoms with Gasteiger partial charge in [0.1, 0.15) is 12.4 Å². The molecule has 0 aromatic heterocycles. The minimum Gasteiger partial charge on any atom is -0.489 e. The fourth-order valence-electron chi connectivity index (χ4n) is 2.53. The minimum absolute atomic E-state index is 0.111. The summed E-state index contributed by atoms with van der Waals surface area (Å²) in [5.74, 6) is 0.738. The van der Waals surface area contributed by atoms with Crippen LogP contribution in [0.5, 0.6) is 5.75 Å². The quantitative estimate of drug-likeness (QED) is 0.703. The summed E-state index contributed by atoms with van der Waals surface area (Å²) >= 11 is 0. The van der Waals surface area contributed by atoms with Gasteiger partial charge in [0.2, 0.25) is 0 Å². The second kappa shape index (κ2) is 7.67. The average Bonchev–Trinajstić information content (AvgIpc) is 2.62. The van der Waals surface area contributed by atoms with Gasteiger partial charge in [0.25, 0.3) is 5.91 Å². The summed E-state index contributed by atoms with van der Waals surface area (Å²) in [6.45, 7) is 4.49. The van der Waals surface area contributed by atoms with E-state index < -0.39 is 0 Å². The molecule has 0 aliphatic heterocycles. The van der Waals surface area contributed by atoms with Crippen LogP contribution in [-0.4, -0.2) is 5.91 Å². The summed E-state index contributed by atoms with van der Waals surface area (Å²) < 4.78 is 5.78. The molecule has 3 nitrogen and oxygen atoms in total. The van der Waals surface area contributed by atoms with Crippen LogP contribution >= 0.6 is 0 Å².